The minimum Gasteiger partial charge on any atom is -0.360 e. The van der Waals surface area contributed by atoms with Crippen LogP contribution in [0.4, 0.5) is 13.2 Å². The lowest BCUT2D eigenvalue weighted by Crippen LogP contribution is -2.45. The quantitative estimate of drug-likeness (QED) is 0.810. The van der Waals surface area contributed by atoms with E-state index in [0.29, 0.717) is 18.0 Å². The summed E-state index contributed by atoms with van der Waals surface area (Å²) in [6.07, 6.45) is -4.60. The molecule has 138 valence electrons. The van der Waals surface area contributed by atoms with E-state index in [-0.39, 0.29) is 37.8 Å². The van der Waals surface area contributed by atoms with Crippen LogP contribution in [0.3, 0.4) is 0 Å². The summed E-state index contributed by atoms with van der Waals surface area (Å²) in [5.74, 6) is 0.504. The van der Waals surface area contributed by atoms with E-state index in [1.165, 1.54) is 6.92 Å². The normalized spacial score (nSPS) is 22.2. The van der Waals surface area contributed by atoms with E-state index in [4.69, 9.17) is 9.05 Å². The second kappa shape index (κ2) is 6.41. The Kier molecular flexibility index (Phi) is 4.58. The molecule has 2 aromatic rings. The zero-order valence-electron chi connectivity index (χ0n) is 14.3. The molecule has 1 unspecified atom stereocenters. The Morgan fingerprint density at radius 1 is 1.28 bits per heavy atom. The van der Waals surface area contributed by atoms with Gasteiger partial charge >= 0.3 is 6.18 Å². The van der Waals surface area contributed by atoms with Crippen LogP contribution in [0, 0.1) is 6.92 Å². The maximum absolute atomic E-state index is 13.8. The number of hydrogen-bond acceptors (Lipinski definition) is 7. The highest BCUT2D eigenvalue weighted by atomic mass is 19.4. The lowest BCUT2D eigenvalue weighted by atomic mass is 9.86. The summed E-state index contributed by atoms with van der Waals surface area (Å²) in [5.41, 5.74) is -1.53. The smallest absolute Gasteiger partial charge is 0.360 e. The van der Waals surface area contributed by atoms with Crippen molar-refractivity contribution in [3.8, 4) is 0 Å². The van der Waals surface area contributed by atoms with Crippen molar-refractivity contribution < 1.29 is 22.2 Å². The van der Waals surface area contributed by atoms with Gasteiger partial charge in [0.1, 0.15) is 0 Å². The van der Waals surface area contributed by atoms with Gasteiger partial charge in [-0.05, 0) is 27.4 Å². The number of alkyl halides is 3. The number of likely N-dealkylation sites (tertiary alicyclic amines) is 1. The van der Waals surface area contributed by atoms with Crippen LogP contribution in [0.5, 0.6) is 0 Å². The lowest BCUT2D eigenvalue weighted by Gasteiger charge is -2.27. The molecule has 1 aliphatic rings. The monoisotopic (exact) mass is 359 g/mol. The lowest BCUT2D eigenvalue weighted by molar-refractivity contribution is -0.193. The van der Waals surface area contributed by atoms with Gasteiger partial charge in [-0.15, -0.1) is 0 Å². The Bertz CT molecular complexity index is 727. The van der Waals surface area contributed by atoms with Gasteiger partial charge in [-0.2, -0.15) is 18.2 Å². The average molecular weight is 359 g/mol. The molecule has 1 fully saturated rings. The summed E-state index contributed by atoms with van der Waals surface area (Å²) >= 11 is 0. The van der Waals surface area contributed by atoms with Crippen molar-refractivity contribution in [3.05, 3.63) is 29.2 Å². The van der Waals surface area contributed by atoms with Crippen molar-refractivity contribution in [1.82, 2.24) is 25.1 Å². The zero-order valence-corrected chi connectivity index (χ0v) is 14.3. The Morgan fingerprint density at radius 3 is 2.64 bits per heavy atom. The minimum atomic E-state index is -4.47. The van der Waals surface area contributed by atoms with E-state index in [1.807, 2.05) is 19.0 Å². The number of aryl methyl sites for hydroxylation is 1. The minimum absolute atomic E-state index is 0.124. The molecule has 0 spiro atoms. The van der Waals surface area contributed by atoms with E-state index in [9.17, 15) is 13.2 Å². The molecule has 1 aliphatic heterocycles. The Labute approximate surface area is 142 Å². The highest BCUT2D eigenvalue weighted by Crippen LogP contribution is 2.47. The average Bonchev–Trinajstić information content (AvgIpc) is 3.19. The Hall–Kier alpha value is -1.94. The number of hydrogen-bond donors (Lipinski definition) is 0. The number of aromatic nitrogens is 3. The van der Waals surface area contributed by atoms with Gasteiger partial charge in [0, 0.05) is 25.7 Å². The van der Waals surface area contributed by atoms with Crippen molar-refractivity contribution >= 4 is 0 Å². The topological polar surface area (TPSA) is 71.4 Å². The molecule has 1 atom stereocenters. The summed E-state index contributed by atoms with van der Waals surface area (Å²) in [6, 6.07) is 1.77. The third-order valence-electron chi connectivity index (χ3n) is 4.29. The SMILES string of the molecule is Cc1noc(C2(C(F)(F)F)CCN(Cc3cc(CN(C)C)on3)C2)n1. The third-order valence-corrected chi connectivity index (χ3v) is 4.29. The summed E-state index contributed by atoms with van der Waals surface area (Å²) < 4.78 is 51.4. The molecule has 0 radical (unpaired) electrons. The van der Waals surface area contributed by atoms with Gasteiger partial charge in [0.2, 0.25) is 5.89 Å². The maximum Gasteiger partial charge on any atom is 0.404 e. The first-order valence-corrected chi connectivity index (χ1v) is 7.89. The highest BCUT2D eigenvalue weighted by Gasteiger charge is 2.62. The number of rotatable bonds is 5. The molecule has 1 saturated heterocycles. The van der Waals surface area contributed by atoms with Gasteiger partial charge in [-0.25, -0.2) is 0 Å². The van der Waals surface area contributed by atoms with Crippen LogP contribution < -0.4 is 0 Å². The van der Waals surface area contributed by atoms with Crippen LogP contribution in [-0.4, -0.2) is 58.5 Å². The summed E-state index contributed by atoms with van der Waals surface area (Å²) in [5, 5.41) is 7.47. The van der Waals surface area contributed by atoms with Crippen LogP contribution in [-0.2, 0) is 18.5 Å². The molecule has 0 aromatic carbocycles. The molecule has 10 heteroatoms. The molecule has 3 rings (SSSR count). The summed E-state index contributed by atoms with van der Waals surface area (Å²) in [4.78, 5) is 7.45. The van der Waals surface area contributed by atoms with Crippen LogP contribution in [0.1, 0.15) is 29.6 Å². The molecule has 3 heterocycles. The molecule has 0 bridgehead atoms. The second-order valence-corrected chi connectivity index (χ2v) is 6.71. The second-order valence-electron chi connectivity index (χ2n) is 6.71. The van der Waals surface area contributed by atoms with Crippen LogP contribution in [0.15, 0.2) is 15.1 Å². The van der Waals surface area contributed by atoms with Gasteiger partial charge < -0.3 is 13.9 Å². The molecule has 0 amide bonds. The van der Waals surface area contributed by atoms with Crippen molar-refractivity contribution in [2.75, 3.05) is 27.2 Å². The predicted molar refractivity (Wildman–Crippen MR) is 80.6 cm³/mol. The van der Waals surface area contributed by atoms with Crippen LogP contribution >= 0.6 is 0 Å². The molecule has 0 N–H and O–H groups in total. The van der Waals surface area contributed by atoms with Gasteiger partial charge in [-0.1, -0.05) is 10.3 Å². The largest absolute Gasteiger partial charge is 0.404 e. The van der Waals surface area contributed by atoms with Gasteiger partial charge in [-0.3, -0.25) is 4.90 Å². The molecule has 0 saturated carbocycles. The highest BCUT2D eigenvalue weighted by molar-refractivity contribution is 5.16. The first-order valence-electron chi connectivity index (χ1n) is 7.89. The first kappa shape index (κ1) is 17.9. The standard InChI is InChI=1S/C15H20F3N5O2/c1-10-19-13(25-20-10)14(15(16,17)18)4-5-23(9-14)7-11-6-12(24-21-11)8-22(2)3/h6H,4-5,7-9H2,1-3H3. The van der Waals surface area contributed by atoms with Gasteiger partial charge in [0.15, 0.2) is 17.0 Å². The van der Waals surface area contributed by atoms with E-state index >= 15 is 0 Å². The molecule has 25 heavy (non-hydrogen) atoms. The van der Waals surface area contributed by atoms with E-state index in [2.05, 4.69) is 15.3 Å². The molecular weight excluding hydrogens is 339 g/mol. The van der Waals surface area contributed by atoms with E-state index in [0.717, 1.165) is 0 Å². The molecule has 2 aromatic heterocycles. The van der Waals surface area contributed by atoms with Crippen molar-refractivity contribution in [2.24, 2.45) is 0 Å². The van der Waals surface area contributed by atoms with Crippen molar-refractivity contribution in [3.63, 3.8) is 0 Å². The maximum atomic E-state index is 13.8. The fourth-order valence-electron chi connectivity index (χ4n) is 3.09. The van der Waals surface area contributed by atoms with Gasteiger partial charge in [0.25, 0.3) is 0 Å². The zero-order chi connectivity index (χ0) is 18.2. The van der Waals surface area contributed by atoms with Crippen molar-refractivity contribution in [1.29, 1.82) is 0 Å². The first-order chi connectivity index (χ1) is 11.7. The number of nitrogens with zero attached hydrogens (tertiary/aromatic N) is 5. The summed E-state index contributed by atoms with van der Waals surface area (Å²) in [6.45, 7) is 2.39. The fourth-order valence-corrected chi connectivity index (χ4v) is 3.09. The Balaban J connectivity index is 1.75. The predicted octanol–water partition coefficient (Wildman–Crippen LogP) is 2.13. The Morgan fingerprint density at radius 2 is 2.04 bits per heavy atom. The van der Waals surface area contributed by atoms with Crippen LogP contribution in [0.25, 0.3) is 0 Å². The third kappa shape index (κ3) is 3.54. The molecule has 0 aliphatic carbocycles. The van der Waals surface area contributed by atoms with Crippen LogP contribution in [0.2, 0.25) is 0 Å². The molecular formula is C15H20F3N5O2. The number of halogens is 3. The van der Waals surface area contributed by atoms with Gasteiger partial charge in [0.05, 0.1) is 12.2 Å². The summed E-state index contributed by atoms with van der Waals surface area (Å²) in [7, 11) is 3.79. The van der Waals surface area contributed by atoms with E-state index < -0.39 is 11.6 Å². The van der Waals surface area contributed by atoms with E-state index in [1.54, 1.807) is 11.0 Å². The fraction of sp³-hybridized carbons (Fsp3) is 0.667. The molecule has 7 nitrogen and oxygen atoms in total. The van der Waals surface area contributed by atoms with Crippen molar-refractivity contribution in [2.45, 2.75) is 38.0 Å².